The molecule has 1 saturated heterocycles. The van der Waals surface area contributed by atoms with E-state index < -0.39 is 0 Å². The number of aromatic nitrogens is 3. The predicted molar refractivity (Wildman–Crippen MR) is 96.1 cm³/mol. The number of halogens is 1. The Morgan fingerprint density at radius 1 is 1.56 bits per heavy atom. The highest BCUT2D eigenvalue weighted by Crippen LogP contribution is 2.31. The number of nitrogens with one attached hydrogen (secondary N) is 2. The lowest BCUT2D eigenvalue weighted by Crippen LogP contribution is -2.32. The lowest BCUT2D eigenvalue weighted by atomic mass is 10.2. The van der Waals surface area contributed by atoms with Gasteiger partial charge in [0.1, 0.15) is 5.75 Å². The summed E-state index contributed by atoms with van der Waals surface area (Å²) >= 11 is 7.30. The summed E-state index contributed by atoms with van der Waals surface area (Å²) in [7, 11) is 1.58. The van der Waals surface area contributed by atoms with Crippen LogP contribution in [0.1, 0.15) is 12.8 Å². The van der Waals surface area contributed by atoms with Crippen molar-refractivity contribution < 1.29 is 14.3 Å². The van der Waals surface area contributed by atoms with E-state index in [9.17, 15) is 4.79 Å². The number of aromatic amines is 1. The number of benzene rings is 1. The van der Waals surface area contributed by atoms with Crippen LogP contribution >= 0.6 is 23.4 Å². The number of hydrogen-bond acceptors (Lipinski definition) is 6. The molecule has 25 heavy (non-hydrogen) atoms. The molecule has 3 rings (SSSR count). The molecule has 2 N–H and O–H groups in total. The van der Waals surface area contributed by atoms with Crippen LogP contribution in [0.15, 0.2) is 23.4 Å². The first kappa shape index (κ1) is 18.0. The zero-order valence-electron chi connectivity index (χ0n) is 13.8. The maximum absolute atomic E-state index is 11.9. The summed E-state index contributed by atoms with van der Waals surface area (Å²) in [5, 5.41) is 10.9. The second-order valence-electron chi connectivity index (χ2n) is 5.54. The number of rotatable bonds is 7. The van der Waals surface area contributed by atoms with Gasteiger partial charge in [-0.25, -0.2) is 4.98 Å². The van der Waals surface area contributed by atoms with Gasteiger partial charge in [0.05, 0.1) is 24.5 Å². The maximum Gasteiger partial charge on any atom is 0.230 e. The first-order valence-electron chi connectivity index (χ1n) is 7.93. The van der Waals surface area contributed by atoms with Gasteiger partial charge in [-0.1, -0.05) is 23.4 Å². The van der Waals surface area contributed by atoms with Crippen molar-refractivity contribution in [2.75, 3.05) is 26.0 Å². The van der Waals surface area contributed by atoms with Gasteiger partial charge in [-0.2, -0.15) is 0 Å². The molecule has 134 valence electrons. The number of hydrogen-bond donors (Lipinski definition) is 2. The number of carbonyl (C=O) groups is 1. The number of ether oxygens (including phenoxy) is 2. The summed E-state index contributed by atoms with van der Waals surface area (Å²) in [6.45, 7) is 1.33. The zero-order valence-corrected chi connectivity index (χ0v) is 15.3. The minimum absolute atomic E-state index is 0.0628. The van der Waals surface area contributed by atoms with E-state index in [0.29, 0.717) is 28.3 Å². The van der Waals surface area contributed by atoms with Gasteiger partial charge in [-0.05, 0) is 31.0 Å². The largest absolute Gasteiger partial charge is 0.496 e. The standard InChI is InChI=1S/C16H19ClN4O3S/c1-23-13-5-4-10(17)7-12(13)15-19-16(21-20-15)25-9-14(22)18-8-11-3-2-6-24-11/h4-5,7,11H,2-3,6,8-9H2,1H3,(H,18,22)(H,19,20,21)/t11-/m1/s1. The third kappa shape index (κ3) is 4.87. The van der Waals surface area contributed by atoms with E-state index in [2.05, 4.69) is 20.5 Å². The smallest absolute Gasteiger partial charge is 0.230 e. The Bertz CT molecular complexity index is 734. The lowest BCUT2D eigenvalue weighted by Gasteiger charge is -2.09. The van der Waals surface area contributed by atoms with Crippen LogP contribution in [-0.2, 0) is 9.53 Å². The van der Waals surface area contributed by atoms with E-state index >= 15 is 0 Å². The molecule has 1 fully saturated rings. The molecule has 0 bridgehead atoms. The fourth-order valence-electron chi connectivity index (χ4n) is 2.51. The fourth-order valence-corrected chi connectivity index (χ4v) is 3.31. The minimum atomic E-state index is -0.0628. The summed E-state index contributed by atoms with van der Waals surface area (Å²) in [4.78, 5) is 16.3. The Morgan fingerprint density at radius 2 is 2.44 bits per heavy atom. The zero-order chi connectivity index (χ0) is 17.6. The number of nitrogens with zero attached hydrogens (tertiary/aromatic N) is 2. The third-order valence-electron chi connectivity index (χ3n) is 3.76. The van der Waals surface area contributed by atoms with Crippen molar-refractivity contribution in [3.8, 4) is 17.1 Å². The van der Waals surface area contributed by atoms with Gasteiger partial charge in [-0.15, -0.1) is 5.10 Å². The van der Waals surface area contributed by atoms with Gasteiger partial charge in [-0.3, -0.25) is 9.89 Å². The molecule has 0 unspecified atom stereocenters. The summed E-state index contributed by atoms with van der Waals surface area (Å²) in [6.07, 6.45) is 2.20. The van der Waals surface area contributed by atoms with Crippen molar-refractivity contribution in [3.63, 3.8) is 0 Å². The minimum Gasteiger partial charge on any atom is -0.496 e. The van der Waals surface area contributed by atoms with Gasteiger partial charge >= 0.3 is 0 Å². The molecule has 1 amide bonds. The second-order valence-corrected chi connectivity index (χ2v) is 6.92. The normalized spacial score (nSPS) is 16.8. The number of H-pyrrole nitrogens is 1. The Balaban J connectivity index is 1.55. The van der Waals surface area contributed by atoms with Crippen LogP contribution in [0.3, 0.4) is 0 Å². The molecule has 2 heterocycles. The van der Waals surface area contributed by atoms with Crippen LogP contribution in [0.5, 0.6) is 5.75 Å². The highest BCUT2D eigenvalue weighted by molar-refractivity contribution is 7.99. The number of amides is 1. The van der Waals surface area contributed by atoms with Gasteiger partial charge in [0.2, 0.25) is 11.1 Å². The van der Waals surface area contributed by atoms with E-state index in [0.717, 1.165) is 25.0 Å². The predicted octanol–water partition coefficient (Wildman–Crippen LogP) is 2.52. The SMILES string of the molecule is COc1ccc(Cl)cc1-c1nc(SCC(=O)NC[C@H]2CCCO2)n[nH]1. The summed E-state index contributed by atoms with van der Waals surface area (Å²) in [5.74, 6) is 1.37. The maximum atomic E-state index is 11.9. The van der Waals surface area contributed by atoms with Crippen molar-refractivity contribution in [1.29, 1.82) is 0 Å². The fraction of sp³-hybridized carbons (Fsp3) is 0.438. The monoisotopic (exact) mass is 382 g/mol. The highest BCUT2D eigenvalue weighted by Gasteiger charge is 2.17. The number of thioether (sulfide) groups is 1. The van der Waals surface area contributed by atoms with Crippen LogP contribution in [0.2, 0.25) is 5.02 Å². The van der Waals surface area contributed by atoms with Crippen molar-refractivity contribution >= 4 is 29.3 Å². The molecule has 2 aromatic rings. The molecule has 0 radical (unpaired) electrons. The van der Waals surface area contributed by atoms with Gasteiger partial charge in [0, 0.05) is 18.2 Å². The molecule has 1 aromatic carbocycles. The molecule has 1 atom stereocenters. The molecule has 9 heteroatoms. The van der Waals surface area contributed by atoms with Gasteiger partial charge in [0.25, 0.3) is 0 Å². The van der Waals surface area contributed by atoms with Gasteiger partial charge < -0.3 is 14.8 Å². The van der Waals surface area contributed by atoms with Crippen LogP contribution in [0.25, 0.3) is 11.4 Å². The average Bonchev–Trinajstić information content (AvgIpc) is 3.30. The molecule has 1 aliphatic rings. The molecule has 7 nitrogen and oxygen atoms in total. The molecule has 0 aliphatic carbocycles. The van der Waals surface area contributed by atoms with E-state index in [1.807, 2.05) is 0 Å². The Morgan fingerprint density at radius 3 is 3.20 bits per heavy atom. The van der Waals surface area contributed by atoms with Gasteiger partial charge in [0.15, 0.2) is 5.82 Å². The number of methoxy groups -OCH3 is 1. The van der Waals surface area contributed by atoms with Crippen LogP contribution in [-0.4, -0.2) is 53.2 Å². The van der Waals surface area contributed by atoms with Crippen LogP contribution in [0.4, 0.5) is 0 Å². The Labute approximate surface area is 154 Å². The van der Waals surface area contributed by atoms with Crippen LogP contribution < -0.4 is 10.1 Å². The highest BCUT2D eigenvalue weighted by atomic mass is 35.5. The molecule has 1 aliphatic heterocycles. The summed E-state index contributed by atoms with van der Waals surface area (Å²) in [6, 6.07) is 5.27. The molecular weight excluding hydrogens is 364 g/mol. The average molecular weight is 383 g/mol. The molecule has 1 aromatic heterocycles. The van der Waals surface area contributed by atoms with Crippen LogP contribution in [0, 0.1) is 0 Å². The Hall–Kier alpha value is -1.77. The number of carbonyl (C=O) groups excluding carboxylic acids is 1. The third-order valence-corrected chi connectivity index (χ3v) is 4.85. The Kier molecular flexibility index (Phi) is 6.17. The molecular formula is C16H19ClN4O3S. The quantitative estimate of drug-likeness (QED) is 0.715. The van der Waals surface area contributed by atoms with E-state index in [4.69, 9.17) is 21.1 Å². The lowest BCUT2D eigenvalue weighted by molar-refractivity contribution is -0.119. The second kappa shape index (κ2) is 8.55. The van der Waals surface area contributed by atoms with Crippen molar-refractivity contribution in [2.45, 2.75) is 24.1 Å². The molecule has 0 saturated carbocycles. The topological polar surface area (TPSA) is 89.1 Å². The first-order valence-corrected chi connectivity index (χ1v) is 9.29. The van der Waals surface area contributed by atoms with E-state index in [-0.39, 0.29) is 17.8 Å². The van der Waals surface area contributed by atoms with Crippen molar-refractivity contribution in [1.82, 2.24) is 20.5 Å². The van der Waals surface area contributed by atoms with E-state index in [1.165, 1.54) is 11.8 Å². The van der Waals surface area contributed by atoms with E-state index in [1.54, 1.807) is 25.3 Å². The first-order chi connectivity index (χ1) is 12.2. The van der Waals surface area contributed by atoms with Crippen molar-refractivity contribution in [2.24, 2.45) is 0 Å². The summed E-state index contributed by atoms with van der Waals surface area (Å²) in [5.41, 5.74) is 0.720. The molecule has 0 spiro atoms. The van der Waals surface area contributed by atoms with Crippen molar-refractivity contribution in [3.05, 3.63) is 23.2 Å². The summed E-state index contributed by atoms with van der Waals surface area (Å²) < 4.78 is 10.8.